The van der Waals surface area contributed by atoms with Gasteiger partial charge in [-0.1, -0.05) is 24.3 Å². The van der Waals surface area contributed by atoms with Crippen LogP contribution in [0.15, 0.2) is 77.7 Å². The fourth-order valence-electron chi connectivity index (χ4n) is 2.50. The summed E-state index contributed by atoms with van der Waals surface area (Å²) in [5, 5.41) is 2.68. The van der Waals surface area contributed by atoms with Crippen molar-refractivity contribution in [1.82, 2.24) is 0 Å². The Kier molecular flexibility index (Phi) is 7.07. The smallest absolute Gasteiger partial charge is 0.261 e. The van der Waals surface area contributed by atoms with Crippen LogP contribution in [0.5, 0.6) is 0 Å². The van der Waals surface area contributed by atoms with Crippen LogP contribution in [0.25, 0.3) is 0 Å². The van der Waals surface area contributed by atoms with Crippen molar-refractivity contribution in [3.05, 3.63) is 90.0 Å². The van der Waals surface area contributed by atoms with Gasteiger partial charge in [-0.2, -0.15) is 0 Å². The lowest BCUT2D eigenvalue weighted by atomic mass is 10.2. The molecule has 1 amide bonds. The van der Waals surface area contributed by atoms with Gasteiger partial charge in [0.25, 0.3) is 10.0 Å². The van der Waals surface area contributed by atoms with Crippen molar-refractivity contribution in [3.8, 4) is 0 Å². The van der Waals surface area contributed by atoms with Gasteiger partial charge in [0.2, 0.25) is 5.91 Å². The maximum Gasteiger partial charge on any atom is 0.261 e. The number of nitrogens with one attached hydrogen (secondary N) is 2. The minimum atomic E-state index is -3.96. The standard InChI is InChI=1S/C21H18F2N2O3S2/c22-16-7-5-15(6-8-16)13-29-14-21(26)24-17-9-11-18(12-10-17)30(27,28)25-20-4-2-1-3-19(20)23/h1-12,25H,13-14H2,(H,24,26). The SMILES string of the molecule is O=C(CSCc1ccc(F)cc1)Nc1ccc(S(=O)(=O)Nc2ccccc2F)cc1. The van der Waals surface area contributed by atoms with Crippen molar-refractivity contribution in [2.24, 2.45) is 0 Å². The number of para-hydroxylation sites is 1. The molecule has 0 aliphatic carbocycles. The molecule has 2 N–H and O–H groups in total. The van der Waals surface area contributed by atoms with E-state index >= 15 is 0 Å². The minimum Gasteiger partial charge on any atom is -0.325 e. The Morgan fingerprint density at radius 3 is 2.23 bits per heavy atom. The molecule has 0 bridgehead atoms. The second-order valence-electron chi connectivity index (χ2n) is 6.28. The Morgan fingerprint density at radius 1 is 0.900 bits per heavy atom. The number of carbonyl (C=O) groups is 1. The van der Waals surface area contributed by atoms with Crippen LogP contribution in [0.4, 0.5) is 20.2 Å². The molecule has 3 aromatic rings. The summed E-state index contributed by atoms with van der Waals surface area (Å²) in [5.41, 5.74) is 1.20. The molecule has 0 unspecified atom stereocenters. The fraction of sp³-hybridized carbons (Fsp3) is 0.0952. The molecule has 0 saturated heterocycles. The molecule has 0 atom stereocenters. The lowest BCUT2D eigenvalue weighted by molar-refractivity contribution is -0.113. The Labute approximate surface area is 177 Å². The van der Waals surface area contributed by atoms with Gasteiger partial charge in [-0.25, -0.2) is 17.2 Å². The summed E-state index contributed by atoms with van der Waals surface area (Å²) >= 11 is 1.37. The molecular formula is C21H18F2N2O3S2. The highest BCUT2D eigenvalue weighted by atomic mass is 32.2. The zero-order chi connectivity index (χ0) is 21.6. The fourth-order valence-corrected chi connectivity index (χ4v) is 4.36. The van der Waals surface area contributed by atoms with Gasteiger partial charge in [-0.05, 0) is 54.1 Å². The molecule has 0 fully saturated rings. The second-order valence-corrected chi connectivity index (χ2v) is 8.95. The summed E-state index contributed by atoms with van der Waals surface area (Å²) < 4.78 is 53.5. The van der Waals surface area contributed by atoms with E-state index in [2.05, 4.69) is 10.0 Å². The number of thioether (sulfide) groups is 1. The minimum absolute atomic E-state index is 0.0607. The highest BCUT2D eigenvalue weighted by molar-refractivity contribution is 7.99. The van der Waals surface area contributed by atoms with Crippen LogP contribution in [-0.2, 0) is 20.6 Å². The van der Waals surface area contributed by atoms with Crippen molar-refractivity contribution in [2.75, 3.05) is 15.8 Å². The Morgan fingerprint density at radius 2 is 1.57 bits per heavy atom. The first-order valence-electron chi connectivity index (χ1n) is 8.83. The lowest BCUT2D eigenvalue weighted by Crippen LogP contribution is -2.15. The number of sulfonamides is 1. The average Bonchev–Trinajstić information content (AvgIpc) is 2.71. The van der Waals surface area contributed by atoms with Crippen molar-refractivity contribution in [3.63, 3.8) is 0 Å². The van der Waals surface area contributed by atoms with E-state index in [-0.39, 0.29) is 28.1 Å². The van der Waals surface area contributed by atoms with Crippen LogP contribution in [0.3, 0.4) is 0 Å². The second kappa shape index (κ2) is 9.73. The van der Waals surface area contributed by atoms with Crippen LogP contribution < -0.4 is 10.0 Å². The third-order valence-electron chi connectivity index (χ3n) is 3.98. The highest BCUT2D eigenvalue weighted by Crippen LogP contribution is 2.20. The molecule has 0 aromatic heterocycles. The number of rotatable bonds is 8. The summed E-state index contributed by atoms with van der Waals surface area (Å²) in [6, 6.07) is 17.1. The van der Waals surface area contributed by atoms with Crippen molar-refractivity contribution >= 4 is 39.1 Å². The predicted molar refractivity (Wildman–Crippen MR) is 115 cm³/mol. The third kappa shape index (κ3) is 6.04. The number of carbonyl (C=O) groups excluding carboxylic acids is 1. The summed E-state index contributed by atoms with van der Waals surface area (Å²) in [7, 11) is -3.96. The van der Waals surface area contributed by atoms with E-state index in [9.17, 15) is 22.0 Å². The van der Waals surface area contributed by atoms with E-state index in [1.54, 1.807) is 12.1 Å². The highest BCUT2D eigenvalue weighted by Gasteiger charge is 2.16. The first-order valence-corrected chi connectivity index (χ1v) is 11.5. The van der Waals surface area contributed by atoms with Gasteiger partial charge < -0.3 is 5.32 Å². The zero-order valence-corrected chi connectivity index (χ0v) is 17.3. The summed E-state index contributed by atoms with van der Waals surface area (Å²) in [5.74, 6) is -0.486. The molecule has 0 aliphatic rings. The zero-order valence-electron chi connectivity index (χ0n) is 15.6. The molecule has 0 spiro atoms. The van der Waals surface area contributed by atoms with E-state index < -0.39 is 15.8 Å². The van der Waals surface area contributed by atoms with Gasteiger partial charge in [0.1, 0.15) is 11.6 Å². The maximum atomic E-state index is 13.7. The van der Waals surface area contributed by atoms with E-state index in [1.165, 1.54) is 66.4 Å². The number of benzene rings is 3. The maximum absolute atomic E-state index is 13.7. The summed E-state index contributed by atoms with van der Waals surface area (Å²) in [4.78, 5) is 12.0. The molecular weight excluding hydrogens is 430 g/mol. The van der Waals surface area contributed by atoms with Crippen molar-refractivity contribution in [2.45, 2.75) is 10.6 Å². The first-order chi connectivity index (χ1) is 14.3. The van der Waals surface area contributed by atoms with Crippen LogP contribution in [0.1, 0.15) is 5.56 Å². The molecule has 3 aromatic carbocycles. The Bertz CT molecular complexity index is 1120. The van der Waals surface area contributed by atoms with E-state index in [0.29, 0.717) is 11.4 Å². The van der Waals surface area contributed by atoms with Gasteiger partial charge in [-0.15, -0.1) is 11.8 Å². The average molecular weight is 449 g/mol. The van der Waals surface area contributed by atoms with Gasteiger partial charge >= 0.3 is 0 Å². The van der Waals surface area contributed by atoms with Crippen molar-refractivity contribution < 1.29 is 22.0 Å². The van der Waals surface area contributed by atoms with E-state index in [0.717, 1.165) is 11.6 Å². The number of hydrogen-bond acceptors (Lipinski definition) is 4. The van der Waals surface area contributed by atoms with Crippen LogP contribution in [0.2, 0.25) is 0 Å². The summed E-state index contributed by atoms with van der Waals surface area (Å²) in [6.07, 6.45) is 0. The molecule has 0 saturated carbocycles. The van der Waals surface area contributed by atoms with E-state index in [4.69, 9.17) is 0 Å². The normalized spacial score (nSPS) is 11.1. The first kappa shape index (κ1) is 21.8. The molecule has 5 nitrogen and oxygen atoms in total. The third-order valence-corrected chi connectivity index (χ3v) is 6.37. The Hall–Kier alpha value is -2.91. The number of anilines is 2. The quantitative estimate of drug-likeness (QED) is 0.527. The molecule has 156 valence electrons. The predicted octanol–water partition coefficient (Wildman–Crippen LogP) is 4.64. The largest absolute Gasteiger partial charge is 0.325 e. The lowest BCUT2D eigenvalue weighted by Gasteiger charge is -2.10. The van der Waals surface area contributed by atoms with Gasteiger partial charge in [-0.3, -0.25) is 9.52 Å². The van der Waals surface area contributed by atoms with Gasteiger partial charge in [0.15, 0.2) is 0 Å². The summed E-state index contributed by atoms with van der Waals surface area (Å²) in [6.45, 7) is 0. The number of hydrogen-bond donors (Lipinski definition) is 2. The molecule has 30 heavy (non-hydrogen) atoms. The van der Waals surface area contributed by atoms with Crippen LogP contribution in [0, 0.1) is 11.6 Å². The van der Waals surface area contributed by atoms with Crippen LogP contribution in [-0.4, -0.2) is 20.1 Å². The molecule has 0 radical (unpaired) electrons. The monoisotopic (exact) mass is 448 g/mol. The number of halogens is 2. The molecule has 9 heteroatoms. The molecule has 0 aliphatic heterocycles. The van der Waals surface area contributed by atoms with Gasteiger partial charge in [0, 0.05) is 11.4 Å². The Balaban J connectivity index is 1.54. The van der Waals surface area contributed by atoms with Crippen molar-refractivity contribution in [1.29, 1.82) is 0 Å². The van der Waals surface area contributed by atoms with Crippen LogP contribution >= 0.6 is 11.8 Å². The number of amides is 1. The van der Waals surface area contributed by atoms with E-state index in [1.807, 2.05) is 0 Å². The molecule has 3 rings (SSSR count). The van der Waals surface area contributed by atoms with Gasteiger partial charge in [0.05, 0.1) is 16.3 Å². The molecule has 0 heterocycles. The topological polar surface area (TPSA) is 75.3 Å².